The third-order valence-corrected chi connectivity index (χ3v) is 1.25. The number of anilines is 1. The molecule has 1 aromatic carbocycles. The van der Waals surface area contributed by atoms with Crippen LogP contribution in [0.15, 0.2) is 24.3 Å². The predicted molar refractivity (Wildman–Crippen MR) is 47.5 cm³/mol. The van der Waals surface area contributed by atoms with Crippen LogP contribution in [0.25, 0.3) is 0 Å². The molecule has 0 aliphatic heterocycles. The van der Waals surface area contributed by atoms with Crippen LogP contribution in [0.5, 0.6) is 0 Å². The Hall–Kier alpha value is -0.705. The largest absolute Gasteiger partial charge is 0.432 e. The van der Waals surface area contributed by atoms with E-state index in [4.69, 9.17) is 27.4 Å². The standard InChI is InChI=1S/C6H6ClN.BH3O2/c7-5-3-1-2-4-6(5)8;2-1-3/h1-4H,8H2;1-3H. The lowest BCUT2D eigenvalue weighted by atomic mass is 10.3. The summed E-state index contributed by atoms with van der Waals surface area (Å²) >= 11 is 5.58. The van der Waals surface area contributed by atoms with E-state index in [1.54, 1.807) is 12.1 Å². The van der Waals surface area contributed by atoms with Crippen molar-refractivity contribution in [1.82, 2.24) is 0 Å². The van der Waals surface area contributed by atoms with Gasteiger partial charge < -0.3 is 15.8 Å². The Kier molecular flexibility index (Phi) is 5.65. The summed E-state index contributed by atoms with van der Waals surface area (Å²) in [5, 5.41) is 14.9. The number of rotatable bonds is 0. The summed E-state index contributed by atoms with van der Waals surface area (Å²) in [6, 6.07) is 7.22. The highest BCUT2D eigenvalue weighted by Gasteiger charge is 1.87. The highest BCUT2D eigenvalue weighted by atomic mass is 35.5. The SMILES string of the molecule is Nc1ccccc1Cl.OBO. The molecule has 0 aliphatic rings. The van der Waals surface area contributed by atoms with E-state index in [-0.39, 0.29) is 0 Å². The summed E-state index contributed by atoms with van der Waals surface area (Å²) in [7, 11) is -0.750. The van der Waals surface area contributed by atoms with Gasteiger partial charge in [-0.2, -0.15) is 0 Å². The number of hydrogen-bond acceptors (Lipinski definition) is 3. The molecule has 0 saturated heterocycles. The predicted octanol–water partition coefficient (Wildman–Crippen LogP) is 0.160. The van der Waals surface area contributed by atoms with Crippen molar-refractivity contribution in [2.24, 2.45) is 0 Å². The monoisotopic (exact) mass is 173 g/mol. The molecule has 0 bridgehead atoms. The zero-order valence-corrected chi connectivity index (χ0v) is 6.62. The molecular weight excluding hydrogens is 164 g/mol. The summed E-state index contributed by atoms with van der Waals surface area (Å²) in [6.45, 7) is 0. The fourth-order valence-corrected chi connectivity index (χ4v) is 0.611. The zero-order chi connectivity index (χ0) is 8.69. The van der Waals surface area contributed by atoms with E-state index in [9.17, 15) is 0 Å². The lowest BCUT2D eigenvalue weighted by Gasteiger charge is -1.91. The molecule has 0 amide bonds. The van der Waals surface area contributed by atoms with Gasteiger partial charge in [-0.25, -0.2) is 0 Å². The Morgan fingerprint density at radius 1 is 1.27 bits per heavy atom. The number of halogens is 1. The molecule has 0 spiro atoms. The molecule has 0 aliphatic carbocycles. The minimum Gasteiger partial charge on any atom is -0.430 e. The van der Waals surface area contributed by atoms with Gasteiger partial charge in [0, 0.05) is 0 Å². The van der Waals surface area contributed by atoms with Gasteiger partial charge >= 0.3 is 7.69 Å². The second kappa shape index (κ2) is 6.03. The van der Waals surface area contributed by atoms with E-state index in [2.05, 4.69) is 0 Å². The van der Waals surface area contributed by atoms with Crippen LogP contribution in [-0.4, -0.2) is 17.7 Å². The van der Waals surface area contributed by atoms with Gasteiger partial charge in [0.15, 0.2) is 0 Å². The van der Waals surface area contributed by atoms with E-state index in [1.807, 2.05) is 12.1 Å². The summed E-state index contributed by atoms with van der Waals surface area (Å²) < 4.78 is 0. The van der Waals surface area contributed by atoms with E-state index in [1.165, 1.54) is 0 Å². The molecule has 0 fully saturated rings. The lowest BCUT2D eigenvalue weighted by molar-refractivity contribution is 0.448. The maximum atomic E-state index is 7.12. The first-order chi connectivity index (χ1) is 5.22. The molecule has 4 N–H and O–H groups in total. The Labute approximate surface area is 70.7 Å². The Morgan fingerprint density at radius 3 is 2.00 bits per heavy atom. The highest BCUT2D eigenvalue weighted by molar-refractivity contribution is 6.33. The molecule has 1 aromatic rings. The van der Waals surface area contributed by atoms with E-state index in [0.717, 1.165) is 0 Å². The van der Waals surface area contributed by atoms with Gasteiger partial charge in [0.25, 0.3) is 0 Å². The van der Waals surface area contributed by atoms with E-state index in [0.29, 0.717) is 10.7 Å². The fourth-order valence-electron chi connectivity index (χ4n) is 0.475. The molecule has 0 aromatic heterocycles. The minimum absolute atomic E-state index is 0.618. The Balaban J connectivity index is 0.000000292. The molecule has 5 heteroatoms. The molecular formula is C6H9BClNO2. The van der Waals surface area contributed by atoms with Crippen molar-refractivity contribution in [3.05, 3.63) is 29.3 Å². The molecule has 0 saturated carbocycles. The third-order valence-electron chi connectivity index (χ3n) is 0.905. The highest BCUT2D eigenvalue weighted by Crippen LogP contribution is 2.15. The average Bonchev–Trinajstić information content (AvgIpc) is 1.97. The summed E-state index contributed by atoms with van der Waals surface area (Å²) in [5.74, 6) is 0. The number of benzene rings is 1. The van der Waals surface area contributed by atoms with Gasteiger partial charge in [0.05, 0.1) is 10.7 Å². The van der Waals surface area contributed by atoms with E-state index < -0.39 is 7.69 Å². The Bertz CT molecular complexity index is 189. The fraction of sp³-hybridized carbons (Fsp3) is 0. The van der Waals surface area contributed by atoms with Crippen molar-refractivity contribution in [3.8, 4) is 0 Å². The van der Waals surface area contributed by atoms with Crippen LogP contribution in [0.2, 0.25) is 5.02 Å². The van der Waals surface area contributed by atoms with Crippen LogP contribution in [0.1, 0.15) is 0 Å². The van der Waals surface area contributed by atoms with Crippen LogP contribution in [0, 0.1) is 0 Å². The Morgan fingerprint density at radius 2 is 1.73 bits per heavy atom. The topological polar surface area (TPSA) is 66.5 Å². The quantitative estimate of drug-likeness (QED) is 0.387. The van der Waals surface area contributed by atoms with Crippen molar-refractivity contribution < 1.29 is 10.0 Å². The first-order valence-corrected chi connectivity index (χ1v) is 3.32. The molecule has 0 atom stereocenters. The van der Waals surface area contributed by atoms with Crippen LogP contribution >= 0.6 is 11.6 Å². The summed E-state index contributed by atoms with van der Waals surface area (Å²) in [5.41, 5.74) is 6.02. The van der Waals surface area contributed by atoms with Gasteiger partial charge in [-0.15, -0.1) is 0 Å². The smallest absolute Gasteiger partial charge is 0.430 e. The maximum Gasteiger partial charge on any atom is 0.432 e. The maximum absolute atomic E-state index is 7.12. The third kappa shape index (κ3) is 4.67. The molecule has 60 valence electrons. The van der Waals surface area contributed by atoms with Gasteiger partial charge in [0.1, 0.15) is 0 Å². The molecule has 0 heterocycles. The number of nitrogen functional groups attached to an aromatic ring is 1. The van der Waals surface area contributed by atoms with Crippen LogP contribution in [0.3, 0.4) is 0 Å². The summed E-state index contributed by atoms with van der Waals surface area (Å²) in [6.07, 6.45) is 0. The average molecular weight is 173 g/mol. The van der Waals surface area contributed by atoms with Crippen molar-refractivity contribution in [2.75, 3.05) is 5.73 Å². The normalized spacial score (nSPS) is 7.91. The molecule has 1 rings (SSSR count). The van der Waals surface area contributed by atoms with Crippen LogP contribution in [0.4, 0.5) is 5.69 Å². The van der Waals surface area contributed by atoms with Crippen molar-refractivity contribution in [3.63, 3.8) is 0 Å². The van der Waals surface area contributed by atoms with E-state index >= 15 is 0 Å². The van der Waals surface area contributed by atoms with Gasteiger partial charge in [-0.05, 0) is 12.1 Å². The van der Waals surface area contributed by atoms with Crippen molar-refractivity contribution in [1.29, 1.82) is 0 Å². The number of para-hydroxylation sites is 1. The number of hydrogen-bond donors (Lipinski definition) is 3. The van der Waals surface area contributed by atoms with Gasteiger partial charge in [-0.3, -0.25) is 0 Å². The first-order valence-electron chi connectivity index (χ1n) is 2.94. The second-order valence-electron chi connectivity index (χ2n) is 1.66. The minimum atomic E-state index is -0.750. The van der Waals surface area contributed by atoms with Gasteiger partial charge in [0.2, 0.25) is 0 Å². The van der Waals surface area contributed by atoms with Crippen LogP contribution in [-0.2, 0) is 0 Å². The lowest BCUT2D eigenvalue weighted by Crippen LogP contribution is -1.82. The number of nitrogens with two attached hydrogens (primary N) is 1. The molecule has 0 radical (unpaired) electrons. The van der Waals surface area contributed by atoms with Crippen molar-refractivity contribution in [2.45, 2.75) is 0 Å². The molecule has 0 unspecified atom stereocenters. The zero-order valence-electron chi connectivity index (χ0n) is 5.87. The van der Waals surface area contributed by atoms with Crippen molar-refractivity contribution >= 4 is 25.0 Å². The van der Waals surface area contributed by atoms with Crippen LogP contribution < -0.4 is 5.73 Å². The molecule has 3 nitrogen and oxygen atoms in total. The summed E-state index contributed by atoms with van der Waals surface area (Å²) in [4.78, 5) is 0. The van der Waals surface area contributed by atoms with Gasteiger partial charge in [-0.1, -0.05) is 23.7 Å². The molecule has 11 heavy (non-hydrogen) atoms. The second-order valence-corrected chi connectivity index (χ2v) is 2.07. The first kappa shape index (κ1) is 10.3.